The first-order valence-electron chi connectivity index (χ1n) is 8.92. The molecule has 2 aromatic carbocycles. The van der Waals surface area contributed by atoms with E-state index in [1.807, 2.05) is 37.3 Å². The number of ether oxygens (including phenoxy) is 3. The summed E-state index contributed by atoms with van der Waals surface area (Å²) in [5.74, 6) is 1.37. The van der Waals surface area contributed by atoms with Crippen LogP contribution in [0.2, 0.25) is 0 Å². The highest BCUT2D eigenvalue weighted by Gasteiger charge is 2.17. The van der Waals surface area contributed by atoms with Gasteiger partial charge in [0.05, 0.1) is 13.2 Å². The molecule has 1 fully saturated rings. The zero-order valence-electron chi connectivity index (χ0n) is 15.3. The molecule has 0 aliphatic carbocycles. The highest BCUT2D eigenvalue weighted by atomic mass is 16.5. The smallest absolute Gasteiger partial charge is 0.251 e. The quantitative estimate of drug-likeness (QED) is 0.826. The van der Waals surface area contributed by atoms with Crippen LogP contribution in [-0.2, 0) is 11.3 Å². The minimum absolute atomic E-state index is 0.111. The van der Waals surface area contributed by atoms with Gasteiger partial charge in [-0.3, -0.25) is 4.79 Å². The standard InChI is InChI=1S/C21H25NO4/c1-15-5-8-18(9-6-15)26-14-17-12-16(7-10-20(17)24-2)21(23)22-13-19-4-3-11-25-19/h5-10,12,19H,3-4,11,13-14H2,1-2H3,(H,22,23)/t19-/m1/s1. The van der Waals surface area contributed by atoms with Crippen molar-refractivity contribution in [1.29, 1.82) is 0 Å². The van der Waals surface area contributed by atoms with Crippen LogP contribution < -0.4 is 14.8 Å². The first-order chi connectivity index (χ1) is 12.7. The maximum atomic E-state index is 12.4. The third-order valence-corrected chi connectivity index (χ3v) is 4.47. The molecule has 1 atom stereocenters. The first kappa shape index (κ1) is 18.3. The number of nitrogens with one attached hydrogen (secondary N) is 1. The summed E-state index contributed by atoms with van der Waals surface area (Å²) in [5, 5.41) is 2.94. The molecule has 0 saturated carbocycles. The average Bonchev–Trinajstić information content (AvgIpc) is 3.19. The Balaban J connectivity index is 1.64. The van der Waals surface area contributed by atoms with E-state index in [4.69, 9.17) is 14.2 Å². The number of hydrogen-bond acceptors (Lipinski definition) is 4. The van der Waals surface area contributed by atoms with Crippen LogP contribution >= 0.6 is 0 Å². The van der Waals surface area contributed by atoms with Crippen LogP contribution in [0.3, 0.4) is 0 Å². The molecule has 138 valence electrons. The number of carbonyl (C=O) groups is 1. The normalized spacial score (nSPS) is 16.3. The predicted octanol–water partition coefficient (Wildman–Crippen LogP) is 3.49. The number of carbonyl (C=O) groups excluding carboxylic acids is 1. The summed E-state index contributed by atoms with van der Waals surface area (Å²) in [6, 6.07) is 13.2. The van der Waals surface area contributed by atoms with E-state index in [9.17, 15) is 4.79 Å². The van der Waals surface area contributed by atoms with E-state index in [0.29, 0.717) is 24.5 Å². The van der Waals surface area contributed by atoms with E-state index in [0.717, 1.165) is 30.8 Å². The van der Waals surface area contributed by atoms with Gasteiger partial charge >= 0.3 is 0 Å². The lowest BCUT2D eigenvalue weighted by molar-refractivity contribution is 0.0857. The zero-order chi connectivity index (χ0) is 18.4. The van der Waals surface area contributed by atoms with Crippen molar-refractivity contribution in [3.8, 4) is 11.5 Å². The van der Waals surface area contributed by atoms with Crippen LogP contribution in [0.4, 0.5) is 0 Å². The van der Waals surface area contributed by atoms with Crippen LogP contribution in [0.15, 0.2) is 42.5 Å². The molecule has 1 N–H and O–H groups in total. The van der Waals surface area contributed by atoms with Crippen molar-refractivity contribution in [3.05, 3.63) is 59.2 Å². The number of hydrogen-bond donors (Lipinski definition) is 1. The lowest BCUT2D eigenvalue weighted by Gasteiger charge is -2.14. The second-order valence-electron chi connectivity index (χ2n) is 6.47. The van der Waals surface area contributed by atoms with E-state index in [-0.39, 0.29) is 12.0 Å². The van der Waals surface area contributed by atoms with E-state index >= 15 is 0 Å². The first-order valence-corrected chi connectivity index (χ1v) is 8.92. The van der Waals surface area contributed by atoms with Gasteiger partial charge in [0.25, 0.3) is 5.91 Å². The molecular formula is C21H25NO4. The maximum absolute atomic E-state index is 12.4. The van der Waals surface area contributed by atoms with Crippen molar-refractivity contribution >= 4 is 5.91 Å². The summed E-state index contributed by atoms with van der Waals surface area (Å²) >= 11 is 0. The molecule has 0 aromatic heterocycles. The van der Waals surface area contributed by atoms with Crippen molar-refractivity contribution in [2.75, 3.05) is 20.3 Å². The van der Waals surface area contributed by atoms with Gasteiger partial charge in [-0.05, 0) is 50.1 Å². The fourth-order valence-corrected chi connectivity index (χ4v) is 2.94. The minimum atomic E-state index is -0.111. The van der Waals surface area contributed by atoms with Gasteiger partial charge in [-0.15, -0.1) is 0 Å². The number of rotatable bonds is 7. The number of amides is 1. The predicted molar refractivity (Wildman–Crippen MR) is 99.8 cm³/mol. The fourth-order valence-electron chi connectivity index (χ4n) is 2.94. The molecule has 1 saturated heterocycles. The molecule has 3 rings (SSSR count). The number of aryl methyl sites for hydroxylation is 1. The molecule has 2 aromatic rings. The molecule has 0 radical (unpaired) electrons. The van der Waals surface area contributed by atoms with Gasteiger partial charge in [0.15, 0.2) is 0 Å². The van der Waals surface area contributed by atoms with Crippen molar-refractivity contribution in [1.82, 2.24) is 5.32 Å². The Kier molecular flexibility index (Phi) is 6.12. The lowest BCUT2D eigenvalue weighted by atomic mass is 10.1. The summed E-state index contributed by atoms with van der Waals surface area (Å²) in [4.78, 5) is 12.4. The molecule has 5 nitrogen and oxygen atoms in total. The van der Waals surface area contributed by atoms with Crippen molar-refractivity contribution in [3.63, 3.8) is 0 Å². The average molecular weight is 355 g/mol. The van der Waals surface area contributed by atoms with Gasteiger partial charge in [0.2, 0.25) is 0 Å². The fraction of sp³-hybridized carbons (Fsp3) is 0.381. The molecule has 1 aliphatic rings. The Morgan fingerprint density at radius 2 is 2.04 bits per heavy atom. The zero-order valence-corrected chi connectivity index (χ0v) is 15.3. The second-order valence-corrected chi connectivity index (χ2v) is 6.47. The highest BCUT2D eigenvalue weighted by Crippen LogP contribution is 2.22. The van der Waals surface area contributed by atoms with Crippen molar-refractivity contribution < 1.29 is 19.0 Å². The van der Waals surface area contributed by atoms with Gasteiger partial charge < -0.3 is 19.5 Å². The summed E-state index contributed by atoms with van der Waals surface area (Å²) in [6.45, 7) is 3.69. The van der Waals surface area contributed by atoms with Gasteiger partial charge in [0.1, 0.15) is 18.1 Å². The molecule has 0 bridgehead atoms. The Morgan fingerprint density at radius 1 is 1.23 bits per heavy atom. The lowest BCUT2D eigenvalue weighted by Crippen LogP contribution is -2.31. The van der Waals surface area contributed by atoms with Crippen LogP contribution in [-0.4, -0.2) is 32.3 Å². The monoisotopic (exact) mass is 355 g/mol. The van der Waals surface area contributed by atoms with Gasteiger partial charge in [0, 0.05) is 24.3 Å². The maximum Gasteiger partial charge on any atom is 0.251 e. The topological polar surface area (TPSA) is 56.8 Å². The van der Waals surface area contributed by atoms with E-state index in [1.54, 1.807) is 19.2 Å². The van der Waals surface area contributed by atoms with E-state index < -0.39 is 0 Å². The van der Waals surface area contributed by atoms with Crippen LogP contribution in [0.1, 0.15) is 34.3 Å². The van der Waals surface area contributed by atoms with Crippen LogP contribution in [0, 0.1) is 6.92 Å². The van der Waals surface area contributed by atoms with Gasteiger partial charge in [-0.25, -0.2) is 0 Å². The van der Waals surface area contributed by atoms with Crippen molar-refractivity contribution in [2.24, 2.45) is 0 Å². The number of methoxy groups -OCH3 is 1. The molecule has 26 heavy (non-hydrogen) atoms. The van der Waals surface area contributed by atoms with Crippen LogP contribution in [0.25, 0.3) is 0 Å². The number of benzene rings is 2. The summed E-state index contributed by atoms with van der Waals surface area (Å²) in [5.41, 5.74) is 2.60. The minimum Gasteiger partial charge on any atom is -0.496 e. The summed E-state index contributed by atoms with van der Waals surface area (Å²) in [7, 11) is 1.61. The Morgan fingerprint density at radius 3 is 2.73 bits per heavy atom. The largest absolute Gasteiger partial charge is 0.496 e. The molecule has 1 heterocycles. The third-order valence-electron chi connectivity index (χ3n) is 4.47. The van der Waals surface area contributed by atoms with Crippen LogP contribution in [0.5, 0.6) is 11.5 Å². The highest BCUT2D eigenvalue weighted by molar-refractivity contribution is 5.94. The van der Waals surface area contributed by atoms with Crippen molar-refractivity contribution in [2.45, 2.75) is 32.5 Å². The summed E-state index contributed by atoms with van der Waals surface area (Å²) in [6.07, 6.45) is 2.18. The molecule has 5 heteroatoms. The molecule has 0 spiro atoms. The van der Waals surface area contributed by atoms with E-state index in [1.165, 1.54) is 5.56 Å². The third kappa shape index (κ3) is 4.76. The molecule has 1 amide bonds. The molecular weight excluding hydrogens is 330 g/mol. The molecule has 0 unspecified atom stereocenters. The Hall–Kier alpha value is -2.53. The van der Waals surface area contributed by atoms with Gasteiger partial charge in [-0.1, -0.05) is 17.7 Å². The second kappa shape index (κ2) is 8.72. The van der Waals surface area contributed by atoms with Gasteiger partial charge in [-0.2, -0.15) is 0 Å². The Labute approximate surface area is 154 Å². The summed E-state index contributed by atoms with van der Waals surface area (Å²) < 4.78 is 16.8. The SMILES string of the molecule is COc1ccc(C(=O)NC[C@H]2CCCO2)cc1COc1ccc(C)cc1. The Bertz CT molecular complexity index is 736. The molecule has 1 aliphatic heterocycles. The van der Waals surface area contributed by atoms with E-state index in [2.05, 4.69) is 5.32 Å².